The highest BCUT2D eigenvalue weighted by Crippen LogP contribution is 2.33. The van der Waals surface area contributed by atoms with Crippen molar-refractivity contribution in [3.63, 3.8) is 0 Å². The van der Waals surface area contributed by atoms with E-state index in [0.29, 0.717) is 23.5 Å². The zero-order chi connectivity index (χ0) is 13.9. The van der Waals surface area contributed by atoms with Crippen LogP contribution in [0.4, 0.5) is 5.69 Å². The van der Waals surface area contributed by atoms with Crippen LogP contribution in [0.5, 0.6) is 5.88 Å². The number of hydrogen-bond acceptors (Lipinski definition) is 4. The van der Waals surface area contributed by atoms with Crippen molar-refractivity contribution < 1.29 is 9.53 Å². The summed E-state index contributed by atoms with van der Waals surface area (Å²) in [6, 6.07) is 4.03. The van der Waals surface area contributed by atoms with Gasteiger partial charge in [-0.15, -0.1) is 0 Å². The smallest absolute Gasteiger partial charge is 0.241 e. The molecule has 5 nitrogen and oxygen atoms in total. The van der Waals surface area contributed by atoms with Crippen molar-refractivity contribution in [2.75, 3.05) is 12.4 Å². The molecule has 0 spiro atoms. The first-order chi connectivity index (χ1) is 9.76. The molecule has 3 atom stereocenters. The predicted octanol–water partition coefficient (Wildman–Crippen LogP) is 1.95. The number of hydrogen-bond donors (Lipinski definition) is 2. The molecule has 1 aliphatic carbocycles. The minimum absolute atomic E-state index is 0.0476. The number of methoxy groups -OCH3 is 1. The number of anilines is 1. The van der Waals surface area contributed by atoms with Gasteiger partial charge in [0, 0.05) is 12.1 Å². The molecule has 5 heteroatoms. The lowest BCUT2D eigenvalue weighted by molar-refractivity contribution is -0.117. The lowest BCUT2D eigenvalue weighted by atomic mass is 9.85. The Bertz CT molecular complexity index is 461. The lowest BCUT2D eigenvalue weighted by Crippen LogP contribution is -2.39. The number of aromatic nitrogens is 1. The van der Waals surface area contributed by atoms with Crippen molar-refractivity contribution >= 4 is 11.6 Å². The van der Waals surface area contributed by atoms with Crippen molar-refractivity contribution in [1.82, 2.24) is 10.3 Å². The number of ether oxygens (including phenoxy) is 1. The van der Waals surface area contributed by atoms with Crippen LogP contribution in [-0.2, 0) is 4.79 Å². The molecule has 3 unspecified atom stereocenters. The van der Waals surface area contributed by atoms with E-state index in [1.165, 1.54) is 25.7 Å². The lowest BCUT2D eigenvalue weighted by Gasteiger charge is -2.24. The summed E-state index contributed by atoms with van der Waals surface area (Å²) in [5, 5.41) is 6.40. The van der Waals surface area contributed by atoms with Crippen LogP contribution in [0.25, 0.3) is 0 Å². The van der Waals surface area contributed by atoms with E-state index in [0.717, 1.165) is 6.42 Å². The third kappa shape index (κ3) is 2.77. The Morgan fingerprint density at radius 1 is 1.40 bits per heavy atom. The number of carbonyl (C=O) groups excluding carboxylic acids is 1. The second kappa shape index (κ2) is 5.79. The summed E-state index contributed by atoms with van der Waals surface area (Å²) in [6.07, 6.45) is 7.63. The fourth-order valence-electron chi connectivity index (χ4n) is 3.33. The Morgan fingerprint density at radius 3 is 2.95 bits per heavy atom. The molecule has 1 amide bonds. The van der Waals surface area contributed by atoms with Crippen molar-refractivity contribution in [2.24, 2.45) is 5.92 Å². The molecule has 1 aromatic rings. The van der Waals surface area contributed by atoms with Gasteiger partial charge in [-0.3, -0.25) is 4.79 Å². The van der Waals surface area contributed by atoms with E-state index < -0.39 is 0 Å². The van der Waals surface area contributed by atoms with Crippen LogP contribution in [0.2, 0.25) is 0 Å². The summed E-state index contributed by atoms with van der Waals surface area (Å²) in [6.45, 7) is 0. The molecule has 1 aromatic heterocycles. The number of nitrogens with one attached hydrogen (secondary N) is 2. The van der Waals surface area contributed by atoms with E-state index in [4.69, 9.17) is 4.74 Å². The SMILES string of the molecule is COc1ccc(NC(=O)C2CC3CCCCC3N2)cn1. The molecule has 0 radical (unpaired) electrons. The molecule has 2 fully saturated rings. The first kappa shape index (κ1) is 13.4. The van der Waals surface area contributed by atoms with Crippen LogP contribution >= 0.6 is 0 Å². The fourth-order valence-corrected chi connectivity index (χ4v) is 3.33. The average Bonchev–Trinajstić information content (AvgIpc) is 2.92. The van der Waals surface area contributed by atoms with Crippen LogP contribution in [0, 0.1) is 5.92 Å². The maximum absolute atomic E-state index is 12.3. The molecular weight excluding hydrogens is 254 g/mol. The summed E-state index contributed by atoms with van der Waals surface area (Å²) in [4.78, 5) is 16.4. The van der Waals surface area contributed by atoms with Gasteiger partial charge in [0.1, 0.15) is 0 Å². The molecule has 20 heavy (non-hydrogen) atoms. The number of nitrogens with zero attached hydrogens (tertiary/aromatic N) is 1. The van der Waals surface area contributed by atoms with Crippen LogP contribution in [0.15, 0.2) is 18.3 Å². The third-order valence-electron chi connectivity index (χ3n) is 4.39. The number of fused-ring (bicyclic) bond motifs is 1. The summed E-state index contributed by atoms with van der Waals surface area (Å²) < 4.78 is 5.00. The molecule has 0 bridgehead atoms. The van der Waals surface area contributed by atoms with Crippen molar-refractivity contribution in [3.8, 4) is 5.88 Å². The Morgan fingerprint density at radius 2 is 2.25 bits per heavy atom. The van der Waals surface area contributed by atoms with E-state index >= 15 is 0 Å². The second-order valence-corrected chi connectivity index (χ2v) is 5.68. The zero-order valence-electron chi connectivity index (χ0n) is 11.8. The van der Waals surface area contributed by atoms with Crippen LogP contribution in [0.1, 0.15) is 32.1 Å². The van der Waals surface area contributed by atoms with Gasteiger partial charge < -0.3 is 15.4 Å². The van der Waals surface area contributed by atoms with Gasteiger partial charge in [-0.2, -0.15) is 0 Å². The predicted molar refractivity (Wildman–Crippen MR) is 76.7 cm³/mol. The van der Waals surface area contributed by atoms with E-state index in [9.17, 15) is 4.79 Å². The fraction of sp³-hybridized carbons (Fsp3) is 0.600. The van der Waals surface area contributed by atoms with Gasteiger partial charge in [-0.25, -0.2) is 4.98 Å². The number of pyridine rings is 1. The van der Waals surface area contributed by atoms with E-state index in [-0.39, 0.29) is 11.9 Å². The molecule has 1 aliphatic heterocycles. The number of carbonyl (C=O) groups is 1. The molecule has 0 aromatic carbocycles. The van der Waals surface area contributed by atoms with Gasteiger partial charge in [0.25, 0.3) is 0 Å². The van der Waals surface area contributed by atoms with Crippen molar-refractivity contribution in [1.29, 1.82) is 0 Å². The molecule has 2 heterocycles. The molecule has 2 N–H and O–H groups in total. The highest BCUT2D eigenvalue weighted by atomic mass is 16.5. The van der Waals surface area contributed by atoms with Gasteiger partial charge >= 0.3 is 0 Å². The molecular formula is C15H21N3O2. The summed E-state index contributed by atoms with van der Waals surface area (Å²) in [5.74, 6) is 1.27. The third-order valence-corrected chi connectivity index (χ3v) is 4.39. The van der Waals surface area contributed by atoms with Crippen LogP contribution in [0.3, 0.4) is 0 Å². The van der Waals surface area contributed by atoms with Gasteiger partial charge in [-0.05, 0) is 31.2 Å². The van der Waals surface area contributed by atoms with Gasteiger partial charge in [0.15, 0.2) is 0 Å². The number of amides is 1. The second-order valence-electron chi connectivity index (χ2n) is 5.68. The standard InChI is InChI=1S/C15H21N3O2/c1-20-14-7-6-11(9-16-14)17-15(19)13-8-10-4-2-3-5-12(10)18-13/h6-7,9-10,12-13,18H,2-5,8H2,1H3,(H,17,19). The van der Waals surface area contributed by atoms with E-state index in [2.05, 4.69) is 15.6 Å². The molecule has 108 valence electrons. The van der Waals surface area contributed by atoms with Gasteiger partial charge in [0.2, 0.25) is 11.8 Å². The molecule has 1 saturated heterocycles. The van der Waals surface area contributed by atoms with Crippen molar-refractivity contribution in [3.05, 3.63) is 18.3 Å². The average molecular weight is 275 g/mol. The quantitative estimate of drug-likeness (QED) is 0.885. The van der Waals surface area contributed by atoms with Crippen LogP contribution in [-0.4, -0.2) is 30.1 Å². The maximum Gasteiger partial charge on any atom is 0.241 e. The monoisotopic (exact) mass is 275 g/mol. The summed E-state index contributed by atoms with van der Waals surface area (Å²) in [7, 11) is 1.57. The highest BCUT2D eigenvalue weighted by molar-refractivity contribution is 5.95. The molecule has 3 rings (SSSR count). The van der Waals surface area contributed by atoms with Gasteiger partial charge in [-0.1, -0.05) is 12.8 Å². The Labute approximate surface area is 119 Å². The normalized spacial score (nSPS) is 28.8. The largest absolute Gasteiger partial charge is 0.481 e. The topological polar surface area (TPSA) is 63.2 Å². The Kier molecular flexibility index (Phi) is 3.87. The Balaban J connectivity index is 1.59. The maximum atomic E-state index is 12.3. The summed E-state index contributed by atoms with van der Waals surface area (Å²) in [5.41, 5.74) is 0.715. The minimum atomic E-state index is -0.0646. The summed E-state index contributed by atoms with van der Waals surface area (Å²) >= 11 is 0. The number of rotatable bonds is 3. The molecule has 2 aliphatic rings. The first-order valence-corrected chi connectivity index (χ1v) is 7.33. The zero-order valence-corrected chi connectivity index (χ0v) is 11.8. The highest BCUT2D eigenvalue weighted by Gasteiger charge is 2.38. The van der Waals surface area contributed by atoms with E-state index in [1.807, 2.05) is 6.07 Å². The minimum Gasteiger partial charge on any atom is -0.481 e. The van der Waals surface area contributed by atoms with Crippen molar-refractivity contribution in [2.45, 2.75) is 44.2 Å². The van der Waals surface area contributed by atoms with Crippen LogP contribution < -0.4 is 15.4 Å². The first-order valence-electron chi connectivity index (χ1n) is 7.33. The van der Waals surface area contributed by atoms with E-state index in [1.54, 1.807) is 19.4 Å². The molecule has 1 saturated carbocycles. The van der Waals surface area contributed by atoms with Gasteiger partial charge in [0.05, 0.1) is 25.0 Å². The Hall–Kier alpha value is -1.62.